The summed E-state index contributed by atoms with van der Waals surface area (Å²) in [4.78, 5) is 8.94. The number of nitrogens with one attached hydrogen (secondary N) is 2. The van der Waals surface area contributed by atoms with Crippen LogP contribution >= 0.6 is 11.6 Å². The first-order chi connectivity index (χ1) is 12.1. The van der Waals surface area contributed by atoms with Crippen LogP contribution in [-0.2, 0) is 0 Å². The van der Waals surface area contributed by atoms with E-state index in [1.165, 1.54) is 12.8 Å². The lowest BCUT2D eigenvalue weighted by Gasteiger charge is -2.14. The summed E-state index contributed by atoms with van der Waals surface area (Å²) in [5.41, 5.74) is 1.59. The number of benzene rings is 1. The summed E-state index contributed by atoms with van der Waals surface area (Å²) in [7, 11) is 3.17. The fourth-order valence-corrected chi connectivity index (χ4v) is 2.61. The molecule has 0 amide bonds. The van der Waals surface area contributed by atoms with Crippen LogP contribution in [0.3, 0.4) is 0 Å². The SMILES string of the molecule is CCCCCNc1nc(C)cc(Nc2cc(OC)c(Cl)cc2OC)n1. The highest BCUT2D eigenvalue weighted by atomic mass is 35.5. The van der Waals surface area contributed by atoms with Gasteiger partial charge in [-0.3, -0.25) is 0 Å². The lowest BCUT2D eigenvalue weighted by Crippen LogP contribution is -2.08. The first-order valence-electron chi connectivity index (χ1n) is 8.35. The Hall–Kier alpha value is -2.21. The van der Waals surface area contributed by atoms with Gasteiger partial charge < -0.3 is 20.1 Å². The van der Waals surface area contributed by atoms with Crippen molar-refractivity contribution in [3.63, 3.8) is 0 Å². The quantitative estimate of drug-likeness (QED) is 0.623. The number of hydrogen-bond donors (Lipinski definition) is 2. The molecule has 0 atom stereocenters. The zero-order chi connectivity index (χ0) is 18.2. The molecule has 0 unspecified atom stereocenters. The van der Waals surface area contributed by atoms with Crippen molar-refractivity contribution in [1.82, 2.24) is 9.97 Å². The molecule has 1 aromatic heterocycles. The van der Waals surface area contributed by atoms with Crippen LogP contribution in [0.15, 0.2) is 18.2 Å². The maximum atomic E-state index is 6.15. The van der Waals surface area contributed by atoms with Crippen molar-refractivity contribution in [2.75, 3.05) is 31.4 Å². The molecular weight excluding hydrogens is 340 g/mol. The van der Waals surface area contributed by atoms with Crippen LogP contribution in [0.5, 0.6) is 11.5 Å². The number of nitrogens with zero attached hydrogens (tertiary/aromatic N) is 2. The number of ether oxygens (including phenoxy) is 2. The van der Waals surface area contributed by atoms with E-state index in [-0.39, 0.29) is 0 Å². The Morgan fingerprint density at radius 2 is 1.80 bits per heavy atom. The minimum Gasteiger partial charge on any atom is -0.495 e. The van der Waals surface area contributed by atoms with E-state index in [1.807, 2.05) is 13.0 Å². The van der Waals surface area contributed by atoms with Crippen LogP contribution in [0.1, 0.15) is 31.9 Å². The molecule has 0 saturated carbocycles. The average molecular weight is 365 g/mol. The zero-order valence-electron chi connectivity index (χ0n) is 15.1. The molecule has 0 aliphatic heterocycles. The van der Waals surface area contributed by atoms with E-state index < -0.39 is 0 Å². The molecule has 0 radical (unpaired) electrons. The molecular formula is C18H25ClN4O2. The highest BCUT2D eigenvalue weighted by Gasteiger charge is 2.11. The van der Waals surface area contributed by atoms with E-state index in [1.54, 1.807) is 26.4 Å². The second-order valence-electron chi connectivity index (χ2n) is 5.66. The van der Waals surface area contributed by atoms with Crippen molar-refractivity contribution < 1.29 is 9.47 Å². The monoisotopic (exact) mass is 364 g/mol. The van der Waals surface area contributed by atoms with Crippen LogP contribution in [0.4, 0.5) is 17.5 Å². The molecule has 25 heavy (non-hydrogen) atoms. The number of rotatable bonds is 9. The number of hydrogen-bond acceptors (Lipinski definition) is 6. The third kappa shape index (κ3) is 5.39. The van der Waals surface area contributed by atoms with Gasteiger partial charge in [0, 0.05) is 30.4 Å². The molecule has 1 aromatic carbocycles. The second-order valence-corrected chi connectivity index (χ2v) is 6.07. The lowest BCUT2D eigenvalue weighted by atomic mass is 10.2. The molecule has 6 nitrogen and oxygen atoms in total. The fraction of sp³-hybridized carbons (Fsp3) is 0.444. The number of aryl methyl sites for hydroxylation is 1. The van der Waals surface area contributed by atoms with Crippen LogP contribution in [0.2, 0.25) is 5.02 Å². The summed E-state index contributed by atoms with van der Waals surface area (Å²) in [5.74, 6) is 2.46. The van der Waals surface area contributed by atoms with Crippen molar-refractivity contribution in [2.24, 2.45) is 0 Å². The molecule has 0 fully saturated rings. The molecule has 0 spiro atoms. The van der Waals surface area contributed by atoms with Gasteiger partial charge in [-0.25, -0.2) is 4.98 Å². The van der Waals surface area contributed by atoms with Crippen molar-refractivity contribution in [3.05, 3.63) is 28.9 Å². The predicted octanol–water partition coefficient (Wildman–Crippen LogP) is 4.80. The van der Waals surface area contributed by atoms with Gasteiger partial charge in [-0.05, 0) is 13.3 Å². The second kappa shape index (κ2) is 9.32. The maximum Gasteiger partial charge on any atom is 0.224 e. The smallest absolute Gasteiger partial charge is 0.224 e. The first-order valence-corrected chi connectivity index (χ1v) is 8.73. The summed E-state index contributed by atoms with van der Waals surface area (Å²) in [6.45, 7) is 4.97. The van der Waals surface area contributed by atoms with Crippen LogP contribution in [0, 0.1) is 6.92 Å². The normalized spacial score (nSPS) is 10.4. The molecule has 2 rings (SSSR count). The number of aromatic nitrogens is 2. The average Bonchev–Trinajstić information content (AvgIpc) is 2.59. The van der Waals surface area contributed by atoms with Crippen molar-refractivity contribution in [3.8, 4) is 11.5 Å². The molecule has 1 heterocycles. The van der Waals surface area contributed by atoms with Gasteiger partial charge in [0.05, 0.1) is 24.9 Å². The summed E-state index contributed by atoms with van der Waals surface area (Å²) in [6, 6.07) is 5.37. The van der Waals surface area contributed by atoms with Gasteiger partial charge in [-0.2, -0.15) is 4.98 Å². The van der Waals surface area contributed by atoms with Gasteiger partial charge in [0.15, 0.2) is 0 Å². The van der Waals surface area contributed by atoms with Crippen LogP contribution in [-0.4, -0.2) is 30.7 Å². The molecule has 0 bridgehead atoms. The Kier molecular flexibility index (Phi) is 7.13. The van der Waals surface area contributed by atoms with Crippen molar-refractivity contribution in [1.29, 1.82) is 0 Å². The highest BCUT2D eigenvalue weighted by Crippen LogP contribution is 2.37. The molecule has 2 N–H and O–H groups in total. The highest BCUT2D eigenvalue weighted by molar-refractivity contribution is 6.32. The predicted molar refractivity (Wildman–Crippen MR) is 103 cm³/mol. The molecule has 0 aliphatic carbocycles. The number of unbranched alkanes of at least 4 members (excludes halogenated alkanes) is 2. The van der Waals surface area contributed by atoms with E-state index in [2.05, 4.69) is 27.5 Å². The van der Waals surface area contributed by atoms with Gasteiger partial charge in [0.25, 0.3) is 0 Å². The summed E-state index contributed by atoms with van der Waals surface area (Å²) >= 11 is 6.15. The molecule has 0 aliphatic rings. The van der Waals surface area contributed by atoms with E-state index in [4.69, 9.17) is 21.1 Å². The molecule has 136 valence electrons. The minimum atomic E-state index is 0.488. The first kappa shape index (κ1) is 19.1. The van der Waals surface area contributed by atoms with Gasteiger partial charge in [-0.1, -0.05) is 31.4 Å². The van der Waals surface area contributed by atoms with Gasteiger partial charge >= 0.3 is 0 Å². The Labute approximate surface area is 153 Å². The fourth-order valence-electron chi connectivity index (χ4n) is 2.38. The Bertz CT molecular complexity index is 710. The van der Waals surface area contributed by atoms with Gasteiger partial charge in [0.2, 0.25) is 5.95 Å². The largest absolute Gasteiger partial charge is 0.495 e. The zero-order valence-corrected chi connectivity index (χ0v) is 15.9. The van der Waals surface area contributed by atoms with Gasteiger partial charge in [-0.15, -0.1) is 0 Å². The molecule has 0 saturated heterocycles. The summed E-state index contributed by atoms with van der Waals surface area (Å²) < 4.78 is 10.7. The molecule has 7 heteroatoms. The maximum absolute atomic E-state index is 6.15. The van der Waals surface area contributed by atoms with E-state index in [9.17, 15) is 0 Å². The van der Waals surface area contributed by atoms with Crippen molar-refractivity contribution in [2.45, 2.75) is 33.1 Å². The van der Waals surface area contributed by atoms with E-state index in [0.717, 1.165) is 24.3 Å². The Balaban J connectivity index is 2.20. The Morgan fingerprint density at radius 1 is 1.04 bits per heavy atom. The molecule has 2 aromatic rings. The minimum absolute atomic E-state index is 0.488. The van der Waals surface area contributed by atoms with Crippen LogP contribution in [0.25, 0.3) is 0 Å². The lowest BCUT2D eigenvalue weighted by molar-refractivity contribution is 0.405. The summed E-state index contributed by atoms with van der Waals surface area (Å²) in [5, 5.41) is 7.01. The topological polar surface area (TPSA) is 68.3 Å². The van der Waals surface area contributed by atoms with Gasteiger partial charge in [0.1, 0.15) is 17.3 Å². The number of anilines is 3. The third-order valence-corrected chi connectivity index (χ3v) is 3.95. The van der Waals surface area contributed by atoms with E-state index in [0.29, 0.717) is 28.3 Å². The number of methoxy groups -OCH3 is 2. The standard InChI is InChI=1S/C18H25ClN4O2/c1-5-6-7-8-20-18-21-12(2)9-17(23-18)22-14-11-15(24-3)13(19)10-16(14)25-4/h9-11H,5-8H2,1-4H3,(H2,20,21,22,23). The Morgan fingerprint density at radius 3 is 2.48 bits per heavy atom. The van der Waals surface area contributed by atoms with Crippen LogP contribution < -0.4 is 20.1 Å². The van der Waals surface area contributed by atoms with Crippen molar-refractivity contribution >= 4 is 29.1 Å². The number of halogens is 1. The van der Waals surface area contributed by atoms with E-state index >= 15 is 0 Å². The summed E-state index contributed by atoms with van der Waals surface area (Å²) in [6.07, 6.45) is 3.46. The third-order valence-electron chi connectivity index (χ3n) is 3.65.